The van der Waals surface area contributed by atoms with E-state index in [2.05, 4.69) is 17.0 Å². The van der Waals surface area contributed by atoms with E-state index < -0.39 is 10.0 Å². The van der Waals surface area contributed by atoms with Crippen LogP contribution in [0.4, 0.5) is 0 Å². The number of rotatable bonds is 7. The van der Waals surface area contributed by atoms with Crippen LogP contribution in [0.1, 0.15) is 48.5 Å². The zero-order valence-corrected chi connectivity index (χ0v) is 17.7. The van der Waals surface area contributed by atoms with Crippen LogP contribution in [0.3, 0.4) is 0 Å². The second-order valence-corrected chi connectivity index (χ2v) is 9.25. The first-order valence-electron chi connectivity index (χ1n) is 9.93. The molecule has 0 heterocycles. The van der Waals surface area contributed by atoms with Crippen LogP contribution in [0.2, 0.25) is 0 Å². The second-order valence-electron chi connectivity index (χ2n) is 7.51. The maximum atomic E-state index is 12.6. The van der Waals surface area contributed by atoms with Crippen LogP contribution in [0.15, 0.2) is 53.4 Å². The number of hydrogen-bond acceptors (Lipinski definition) is 4. The van der Waals surface area contributed by atoms with Crippen LogP contribution in [0, 0.1) is 5.92 Å². The van der Waals surface area contributed by atoms with Gasteiger partial charge in [0.25, 0.3) is 5.91 Å². The molecule has 0 spiro atoms. The number of benzene rings is 2. The van der Waals surface area contributed by atoms with E-state index in [1.54, 1.807) is 42.5 Å². The molecule has 6 nitrogen and oxygen atoms in total. The Kier molecular flexibility index (Phi) is 6.92. The van der Waals surface area contributed by atoms with Crippen molar-refractivity contribution in [2.24, 2.45) is 5.92 Å². The quantitative estimate of drug-likeness (QED) is 0.724. The zero-order valence-electron chi connectivity index (χ0n) is 16.9. The smallest absolute Gasteiger partial charge is 0.251 e. The molecule has 1 aliphatic carbocycles. The predicted molar refractivity (Wildman–Crippen MR) is 112 cm³/mol. The lowest BCUT2D eigenvalue weighted by molar-refractivity contribution is 0.0910. The van der Waals surface area contributed by atoms with Crippen LogP contribution in [-0.2, 0) is 16.6 Å². The van der Waals surface area contributed by atoms with Crippen molar-refractivity contribution >= 4 is 15.9 Å². The normalized spacial score (nSPS) is 19.5. The highest BCUT2D eigenvalue weighted by molar-refractivity contribution is 7.89. The number of methoxy groups -OCH3 is 1. The molecule has 29 heavy (non-hydrogen) atoms. The summed E-state index contributed by atoms with van der Waals surface area (Å²) in [6.07, 6.45) is 4.56. The molecule has 0 bridgehead atoms. The first-order chi connectivity index (χ1) is 13.9. The standard InChI is InChI=1S/C22H28N2O4S/c1-16-7-3-4-8-19(16)24-22(25)18-13-11-17(12-14-18)15-23-29(26,27)21-10-6-5-9-20(21)28-2/h5-6,9-14,16,19,23H,3-4,7-8,15H2,1-2H3,(H,24,25)/t16-,19+/m0/s1. The van der Waals surface area contributed by atoms with Gasteiger partial charge < -0.3 is 10.1 Å². The van der Waals surface area contributed by atoms with Crippen molar-refractivity contribution in [3.63, 3.8) is 0 Å². The van der Waals surface area contributed by atoms with Crippen molar-refractivity contribution in [1.29, 1.82) is 0 Å². The van der Waals surface area contributed by atoms with Gasteiger partial charge in [0.05, 0.1) is 7.11 Å². The van der Waals surface area contributed by atoms with Gasteiger partial charge in [-0.05, 0) is 48.6 Å². The van der Waals surface area contributed by atoms with Gasteiger partial charge in [-0.1, -0.05) is 44.0 Å². The third kappa shape index (κ3) is 5.36. The van der Waals surface area contributed by atoms with E-state index in [0.717, 1.165) is 24.8 Å². The molecule has 1 aliphatic rings. The van der Waals surface area contributed by atoms with Crippen molar-refractivity contribution in [3.05, 3.63) is 59.7 Å². The first kappa shape index (κ1) is 21.3. The fraction of sp³-hybridized carbons (Fsp3) is 0.409. The Bertz CT molecular complexity index is 942. The minimum absolute atomic E-state index is 0.0788. The number of para-hydroxylation sites is 1. The highest BCUT2D eigenvalue weighted by atomic mass is 32.2. The number of hydrogen-bond donors (Lipinski definition) is 2. The number of amides is 1. The molecule has 3 rings (SSSR count). The molecule has 156 valence electrons. The van der Waals surface area contributed by atoms with Crippen molar-refractivity contribution in [3.8, 4) is 5.75 Å². The van der Waals surface area contributed by atoms with E-state index in [1.807, 2.05) is 0 Å². The van der Waals surface area contributed by atoms with Crippen molar-refractivity contribution in [1.82, 2.24) is 10.0 Å². The second kappa shape index (κ2) is 9.41. The third-order valence-corrected chi connectivity index (χ3v) is 6.91. The molecule has 0 saturated heterocycles. The fourth-order valence-electron chi connectivity index (χ4n) is 3.65. The molecule has 0 aliphatic heterocycles. The largest absolute Gasteiger partial charge is 0.495 e. The van der Waals surface area contributed by atoms with Crippen molar-refractivity contribution < 1.29 is 17.9 Å². The molecule has 2 N–H and O–H groups in total. The molecule has 1 amide bonds. The van der Waals surface area contributed by atoms with E-state index in [1.165, 1.54) is 19.6 Å². The van der Waals surface area contributed by atoms with Gasteiger partial charge in [0.1, 0.15) is 10.6 Å². The molecular weight excluding hydrogens is 388 g/mol. The molecule has 2 aromatic rings. The molecule has 2 aromatic carbocycles. The summed E-state index contributed by atoms with van der Waals surface area (Å²) in [6, 6.07) is 13.7. The maximum absolute atomic E-state index is 12.6. The molecule has 1 saturated carbocycles. The number of sulfonamides is 1. The van der Waals surface area contributed by atoms with E-state index in [0.29, 0.717) is 17.2 Å². The van der Waals surface area contributed by atoms with Crippen molar-refractivity contribution in [2.45, 2.75) is 50.1 Å². The first-order valence-corrected chi connectivity index (χ1v) is 11.4. The van der Waals surface area contributed by atoms with Crippen LogP contribution < -0.4 is 14.8 Å². The summed E-state index contributed by atoms with van der Waals surface area (Å²) in [5.74, 6) is 0.713. The van der Waals surface area contributed by atoms with Crippen LogP contribution in [0.5, 0.6) is 5.75 Å². The van der Waals surface area contributed by atoms with Gasteiger partial charge in [-0.25, -0.2) is 13.1 Å². The summed E-state index contributed by atoms with van der Waals surface area (Å²) in [5.41, 5.74) is 1.35. The molecule has 0 aromatic heterocycles. The van der Waals surface area contributed by atoms with Gasteiger partial charge in [-0.3, -0.25) is 4.79 Å². The number of carbonyl (C=O) groups excluding carboxylic acids is 1. The van der Waals surface area contributed by atoms with Crippen LogP contribution in [0.25, 0.3) is 0 Å². The molecule has 1 fully saturated rings. The highest BCUT2D eigenvalue weighted by Crippen LogP contribution is 2.24. The number of carbonyl (C=O) groups is 1. The van der Waals surface area contributed by atoms with E-state index in [4.69, 9.17) is 4.74 Å². The van der Waals surface area contributed by atoms with Gasteiger partial charge in [0, 0.05) is 18.2 Å². The van der Waals surface area contributed by atoms with Gasteiger partial charge >= 0.3 is 0 Å². The summed E-state index contributed by atoms with van der Waals surface area (Å²) in [4.78, 5) is 12.6. The van der Waals surface area contributed by atoms with E-state index in [-0.39, 0.29) is 23.4 Å². The van der Waals surface area contributed by atoms with E-state index in [9.17, 15) is 13.2 Å². The number of ether oxygens (including phenoxy) is 1. The Morgan fingerprint density at radius 3 is 2.45 bits per heavy atom. The van der Waals surface area contributed by atoms with Crippen LogP contribution >= 0.6 is 0 Å². The Morgan fingerprint density at radius 1 is 1.07 bits per heavy atom. The van der Waals surface area contributed by atoms with Gasteiger partial charge in [-0.2, -0.15) is 0 Å². The zero-order chi connectivity index (χ0) is 20.9. The van der Waals surface area contributed by atoms with Gasteiger partial charge in [0.2, 0.25) is 10.0 Å². The fourth-order valence-corrected chi connectivity index (χ4v) is 4.84. The van der Waals surface area contributed by atoms with Crippen molar-refractivity contribution in [2.75, 3.05) is 7.11 Å². The molecule has 2 atom stereocenters. The lowest BCUT2D eigenvalue weighted by atomic mass is 9.86. The lowest BCUT2D eigenvalue weighted by Gasteiger charge is -2.29. The van der Waals surface area contributed by atoms with Gasteiger partial charge in [-0.15, -0.1) is 0 Å². The lowest BCUT2D eigenvalue weighted by Crippen LogP contribution is -2.41. The molecule has 7 heteroatoms. The summed E-state index contributed by atoms with van der Waals surface area (Å²) in [5, 5.41) is 3.13. The minimum atomic E-state index is -3.71. The predicted octanol–water partition coefficient (Wildman–Crippen LogP) is 3.48. The highest BCUT2D eigenvalue weighted by Gasteiger charge is 2.23. The Morgan fingerprint density at radius 2 is 1.76 bits per heavy atom. The van der Waals surface area contributed by atoms with Gasteiger partial charge in [0.15, 0.2) is 0 Å². The average molecular weight is 417 g/mol. The third-order valence-electron chi connectivity index (χ3n) is 5.47. The topological polar surface area (TPSA) is 84.5 Å². The average Bonchev–Trinajstić information content (AvgIpc) is 2.74. The van der Waals surface area contributed by atoms with E-state index >= 15 is 0 Å². The Balaban J connectivity index is 1.61. The Hall–Kier alpha value is -2.38. The Labute approximate surface area is 172 Å². The molecule has 0 unspecified atom stereocenters. The summed E-state index contributed by atoms with van der Waals surface area (Å²) in [6.45, 7) is 2.31. The van der Waals surface area contributed by atoms with Crippen LogP contribution in [-0.4, -0.2) is 27.5 Å². The molecule has 0 radical (unpaired) electrons. The summed E-state index contributed by atoms with van der Waals surface area (Å²) >= 11 is 0. The SMILES string of the molecule is COc1ccccc1S(=O)(=O)NCc1ccc(C(=O)N[C@@H]2CCCC[C@@H]2C)cc1. The molecular formula is C22H28N2O4S. The number of nitrogens with one attached hydrogen (secondary N) is 2. The minimum Gasteiger partial charge on any atom is -0.495 e. The summed E-state index contributed by atoms with van der Waals surface area (Å²) < 4.78 is 32.8. The maximum Gasteiger partial charge on any atom is 0.251 e. The monoisotopic (exact) mass is 416 g/mol. The summed E-state index contributed by atoms with van der Waals surface area (Å²) in [7, 11) is -2.27.